The second-order valence-corrected chi connectivity index (χ2v) is 5.66. The molecule has 3 aromatic rings. The van der Waals surface area contributed by atoms with E-state index in [1.54, 1.807) is 0 Å². The molecule has 0 unspecified atom stereocenters. The van der Waals surface area contributed by atoms with E-state index in [2.05, 4.69) is 36.5 Å². The first-order valence-electron chi connectivity index (χ1n) is 6.92. The van der Waals surface area contributed by atoms with E-state index in [0.29, 0.717) is 17.2 Å². The molecule has 0 saturated heterocycles. The molecule has 23 heavy (non-hydrogen) atoms. The van der Waals surface area contributed by atoms with Crippen molar-refractivity contribution in [2.24, 2.45) is 0 Å². The van der Waals surface area contributed by atoms with Crippen LogP contribution >= 0.6 is 15.9 Å². The first kappa shape index (κ1) is 15.2. The molecule has 3 rings (SSSR count). The molecule has 0 aliphatic heterocycles. The fourth-order valence-corrected chi connectivity index (χ4v) is 2.16. The summed E-state index contributed by atoms with van der Waals surface area (Å²) in [5.41, 5.74) is 2.00. The molecule has 114 valence electrons. The Hall–Kier alpha value is -2.73. The number of hydrogen-bond acceptors (Lipinski definition) is 4. The van der Waals surface area contributed by atoms with Gasteiger partial charge in [-0.2, -0.15) is 0 Å². The van der Waals surface area contributed by atoms with Gasteiger partial charge in [0.2, 0.25) is 5.95 Å². The number of halogens is 1. The lowest BCUT2D eigenvalue weighted by Crippen LogP contribution is -2.13. The second kappa shape index (κ2) is 7.02. The van der Waals surface area contributed by atoms with E-state index < -0.39 is 0 Å². The van der Waals surface area contributed by atoms with Gasteiger partial charge in [0.25, 0.3) is 5.91 Å². The Morgan fingerprint density at radius 1 is 0.870 bits per heavy atom. The number of aromatic nitrogens is 2. The van der Waals surface area contributed by atoms with Gasteiger partial charge in [-0.3, -0.25) is 4.79 Å². The fourth-order valence-electron chi connectivity index (χ4n) is 1.90. The van der Waals surface area contributed by atoms with E-state index in [4.69, 9.17) is 0 Å². The summed E-state index contributed by atoms with van der Waals surface area (Å²) in [6, 6.07) is 16.9. The predicted octanol–water partition coefficient (Wildman–Crippen LogP) is 4.24. The van der Waals surface area contributed by atoms with Crippen molar-refractivity contribution in [1.82, 2.24) is 9.97 Å². The van der Waals surface area contributed by atoms with Gasteiger partial charge in [-0.25, -0.2) is 9.97 Å². The molecule has 0 aliphatic rings. The number of carbonyl (C=O) groups excluding carboxylic acids is 1. The average Bonchev–Trinajstić information content (AvgIpc) is 2.58. The molecule has 2 N–H and O–H groups in total. The van der Waals surface area contributed by atoms with Gasteiger partial charge in [0.15, 0.2) is 0 Å². The van der Waals surface area contributed by atoms with Crippen LogP contribution in [0.3, 0.4) is 0 Å². The van der Waals surface area contributed by atoms with Gasteiger partial charge < -0.3 is 10.6 Å². The summed E-state index contributed by atoms with van der Waals surface area (Å²) < 4.78 is 0.954. The van der Waals surface area contributed by atoms with Crippen molar-refractivity contribution >= 4 is 39.2 Å². The highest BCUT2D eigenvalue weighted by atomic mass is 79.9. The van der Waals surface area contributed by atoms with Gasteiger partial charge in [0, 0.05) is 28.2 Å². The van der Waals surface area contributed by atoms with Crippen LogP contribution in [-0.4, -0.2) is 15.9 Å². The molecule has 0 saturated carbocycles. The van der Waals surface area contributed by atoms with Crippen LogP contribution in [0.5, 0.6) is 0 Å². The Morgan fingerprint density at radius 3 is 2.17 bits per heavy atom. The number of hydrogen-bond donors (Lipinski definition) is 2. The summed E-state index contributed by atoms with van der Waals surface area (Å²) in [6.45, 7) is 0. The van der Waals surface area contributed by atoms with Crippen LogP contribution in [0.1, 0.15) is 10.4 Å². The number of rotatable bonds is 4. The molecule has 1 amide bonds. The van der Waals surface area contributed by atoms with Crippen molar-refractivity contribution in [3.63, 3.8) is 0 Å². The molecular formula is C17H13BrN4O. The first-order valence-corrected chi connectivity index (χ1v) is 7.71. The maximum atomic E-state index is 12.1. The van der Waals surface area contributed by atoms with E-state index in [-0.39, 0.29) is 5.91 Å². The molecule has 0 radical (unpaired) electrons. The zero-order valence-corrected chi connectivity index (χ0v) is 13.6. The van der Waals surface area contributed by atoms with Gasteiger partial charge in [0.1, 0.15) is 0 Å². The second-order valence-electron chi connectivity index (χ2n) is 4.75. The summed E-state index contributed by atoms with van der Waals surface area (Å²) in [6.07, 6.45) is 2.99. The van der Waals surface area contributed by atoms with Crippen LogP contribution in [0.4, 0.5) is 17.3 Å². The smallest absolute Gasteiger partial charge is 0.258 e. The molecule has 6 heteroatoms. The van der Waals surface area contributed by atoms with Gasteiger partial charge in [-0.05, 0) is 36.4 Å². The molecule has 5 nitrogen and oxygen atoms in total. The average molecular weight is 369 g/mol. The SMILES string of the molecule is O=C(Nc1ccc(Br)cc1)c1cnc(Nc2ccccc2)nc1. The summed E-state index contributed by atoms with van der Waals surface area (Å²) in [4.78, 5) is 20.5. The topological polar surface area (TPSA) is 66.9 Å². The minimum Gasteiger partial charge on any atom is -0.324 e. The van der Waals surface area contributed by atoms with Crippen LogP contribution in [0.15, 0.2) is 71.5 Å². The molecule has 0 fully saturated rings. The molecule has 0 aliphatic carbocycles. The third-order valence-electron chi connectivity index (χ3n) is 3.05. The first-order chi connectivity index (χ1) is 11.2. The Bertz CT molecular complexity index is 789. The Labute approximate surface area is 141 Å². The third-order valence-corrected chi connectivity index (χ3v) is 3.57. The van der Waals surface area contributed by atoms with E-state index in [9.17, 15) is 4.79 Å². The number of carbonyl (C=O) groups is 1. The Balaban J connectivity index is 1.66. The molecule has 0 spiro atoms. The van der Waals surface area contributed by atoms with E-state index >= 15 is 0 Å². The lowest BCUT2D eigenvalue weighted by molar-refractivity contribution is 0.102. The molecular weight excluding hydrogens is 356 g/mol. The largest absolute Gasteiger partial charge is 0.324 e. The summed E-state index contributed by atoms with van der Waals surface area (Å²) in [5.74, 6) is 0.190. The van der Waals surface area contributed by atoms with Gasteiger partial charge in [-0.1, -0.05) is 34.1 Å². The molecule has 1 heterocycles. The zero-order valence-electron chi connectivity index (χ0n) is 12.0. The van der Waals surface area contributed by atoms with Gasteiger partial charge >= 0.3 is 0 Å². The van der Waals surface area contributed by atoms with Crippen LogP contribution in [0.2, 0.25) is 0 Å². The maximum absolute atomic E-state index is 12.1. The minimum atomic E-state index is -0.251. The predicted molar refractivity (Wildman–Crippen MR) is 93.9 cm³/mol. The number of anilines is 3. The number of nitrogens with zero attached hydrogens (tertiary/aromatic N) is 2. The van der Waals surface area contributed by atoms with E-state index in [1.165, 1.54) is 12.4 Å². The van der Waals surface area contributed by atoms with Crippen molar-refractivity contribution in [3.05, 3.63) is 77.0 Å². The number of amides is 1. The highest BCUT2D eigenvalue weighted by Crippen LogP contribution is 2.15. The zero-order chi connectivity index (χ0) is 16.1. The van der Waals surface area contributed by atoms with Crippen molar-refractivity contribution < 1.29 is 4.79 Å². The lowest BCUT2D eigenvalue weighted by Gasteiger charge is -2.06. The third kappa shape index (κ3) is 4.14. The maximum Gasteiger partial charge on any atom is 0.258 e. The number of nitrogens with one attached hydrogen (secondary N) is 2. The highest BCUT2D eigenvalue weighted by molar-refractivity contribution is 9.10. The fraction of sp³-hybridized carbons (Fsp3) is 0. The van der Waals surface area contributed by atoms with Crippen molar-refractivity contribution in [1.29, 1.82) is 0 Å². The van der Waals surface area contributed by atoms with E-state index in [1.807, 2.05) is 54.6 Å². The van der Waals surface area contributed by atoms with Crippen LogP contribution in [0, 0.1) is 0 Å². The summed E-state index contributed by atoms with van der Waals surface area (Å²) >= 11 is 3.35. The van der Waals surface area contributed by atoms with E-state index in [0.717, 1.165) is 10.2 Å². The number of para-hydroxylation sites is 1. The number of benzene rings is 2. The minimum absolute atomic E-state index is 0.251. The highest BCUT2D eigenvalue weighted by Gasteiger charge is 2.08. The van der Waals surface area contributed by atoms with Crippen molar-refractivity contribution in [3.8, 4) is 0 Å². The normalized spacial score (nSPS) is 10.1. The standard InChI is InChI=1S/C17H13BrN4O/c18-13-6-8-15(9-7-13)21-16(23)12-10-19-17(20-11-12)22-14-4-2-1-3-5-14/h1-11H,(H,21,23)(H,19,20,22). The quantitative estimate of drug-likeness (QED) is 0.722. The van der Waals surface area contributed by atoms with Crippen molar-refractivity contribution in [2.75, 3.05) is 10.6 Å². The Morgan fingerprint density at radius 2 is 1.52 bits per heavy atom. The molecule has 0 bridgehead atoms. The molecule has 0 atom stereocenters. The summed E-state index contributed by atoms with van der Waals surface area (Å²) in [7, 11) is 0. The van der Waals surface area contributed by atoms with Crippen LogP contribution in [0.25, 0.3) is 0 Å². The van der Waals surface area contributed by atoms with Crippen molar-refractivity contribution in [2.45, 2.75) is 0 Å². The lowest BCUT2D eigenvalue weighted by atomic mass is 10.3. The molecule has 1 aromatic heterocycles. The van der Waals surface area contributed by atoms with Crippen LogP contribution in [-0.2, 0) is 0 Å². The molecule has 2 aromatic carbocycles. The van der Waals surface area contributed by atoms with Gasteiger partial charge in [-0.15, -0.1) is 0 Å². The summed E-state index contributed by atoms with van der Waals surface area (Å²) in [5, 5.41) is 5.86. The Kier molecular flexibility index (Phi) is 4.63. The van der Waals surface area contributed by atoms with Gasteiger partial charge in [0.05, 0.1) is 5.56 Å². The monoisotopic (exact) mass is 368 g/mol. The van der Waals surface area contributed by atoms with Crippen LogP contribution < -0.4 is 10.6 Å².